The van der Waals surface area contributed by atoms with E-state index < -0.39 is 5.82 Å². The van der Waals surface area contributed by atoms with Crippen LogP contribution < -0.4 is 5.32 Å². The zero-order chi connectivity index (χ0) is 11.1. The fourth-order valence-electron chi connectivity index (χ4n) is 1.18. The Bertz CT molecular complexity index is 360. The molecule has 0 amide bonds. The molecule has 0 saturated carbocycles. The van der Waals surface area contributed by atoms with Gasteiger partial charge in [0, 0.05) is 18.8 Å². The summed E-state index contributed by atoms with van der Waals surface area (Å²) in [7, 11) is 0. The SMILES string of the molecule is CSCCNCc1ccc(F)c(C#N)c1. The summed E-state index contributed by atoms with van der Waals surface area (Å²) in [6, 6.07) is 6.45. The van der Waals surface area contributed by atoms with Crippen molar-refractivity contribution in [3.8, 4) is 6.07 Å². The van der Waals surface area contributed by atoms with Crippen molar-refractivity contribution in [3.05, 3.63) is 35.1 Å². The topological polar surface area (TPSA) is 35.8 Å². The molecular weight excluding hydrogens is 211 g/mol. The highest BCUT2D eigenvalue weighted by atomic mass is 32.2. The quantitative estimate of drug-likeness (QED) is 0.778. The predicted molar refractivity (Wildman–Crippen MR) is 61.2 cm³/mol. The molecule has 1 rings (SSSR count). The average molecular weight is 224 g/mol. The van der Waals surface area contributed by atoms with E-state index in [0.29, 0.717) is 6.54 Å². The van der Waals surface area contributed by atoms with E-state index in [9.17, 15) is 4.39 Å². The van der Waals surface area contributed by atoms with Gasteiger partial charge in [-0.25, -0.2) is 4.39 Å². The molecule has 0 spiro atoms. The summed E-state index contributed by atoms with van der Waals surface area (Å²) >= 11 is 1.77. The van der Waals surface area contributed by atoms with Crippen LogP contribution in [0.3, 0.4) is 0 Å². The van der Waals surface area contributed by atoms with E-state index in [1.54, 1.807) is 23.9 Å². The Morgan fingerprint density at radius 1 is 1.53 bits per heavy atom. The van der Waals surface area contributed by atoms with Gasteiger partial charge >= 0.3 is 0 Å². The Balaban J connectivity index is 2.52. The predicted octanol–water partition coefficient (Wildman–Crippen LogP) is 2.15. The van der Waals surface area contributed by atoms with Gasteiger partial charge in [0.2, 0.25) is 0 Å². The third kappa shape index (κ3) is 3.90. The lowest BCUT2D eigenvalue weighted by Gasteiger charge is -2.04. The standard InChI is InChI=1S/C11H13FN2S/c1-15-5-4-14-8-9-2-3-11(12)10(6-9)7-13/h2-3,6,14H,4-5,8H2,1H3. The number of nitrogens with one attached hydrogen (secondary N) is 1. The lowest BCUT2D eigenvalue weighted by atomic mass is 10.1. The highest BCUT2D eigenvalue weighted by Crippen LogP contribution is 2.09. The second-order valence-corrected chi connectivity index (χ2v) is 4.08. The maximum Gasteiger partial charge on any atom is 0.140 e. The Morgan fingerprint density at radius 2 is 2.33 bits per heavy atom. The zero-order valence-corrected chi connectivity index (χ0v) is 9.40. The molecule has 0 aliphatic heterocycles. The van der Waals surface area contributed by atoms with Gasteiger partial charge in [0.15, 0.2) is 0 Å². The number of rotatable bonds is 5. The first-order chi connectivity index (χ1) is 7.27. The third-order valence-corrected chi connectivity index (χ3v) is 2.58. The molecule has 0 bridgehead atoms. The van der Waals surface area contributed by atoms with E-state index >= 15 is 0 Å². The van der Waals surface area contributed by atoms with E-state index in [4.69, 9.17) is 5.26 Å². The van der Waals surface area contributed by atoms with Crippen molar-refractivity contribution in [1.82, 2.24) is 5.32 Å². The molecule has 0 fully saturated rings. The van der Waals surface area contributed by atoms with Crippen molar-refractivity contribution in [2.75, 3.05) is 18.6 Å². The Labute approximate surface area is 93.5 Å². The van der Waals surface area contributed by atoms with Crippen molar-refractivity contribution >= 4 is 11.8 Å². The molecule has 15 heavy (non-hydrogen) atoms. The normalized spacial score (nSPS) is 9.93. The summed E-state index contributed by atoms with van der Waals surface area (Å²) in [5.41, 5.74) is 1.05. The van der Waals surface area contributed by atoms with Crippen LogP contribution in [0.2, 0.25) is 0 Å². The molecule has 2 nitrogen and oxygen atoms in total. The molecule has 0 aliphatic carbocycles. The number of nitrogens with zero attached hydrogens (tertiary/aromatic N) is 1. The highest BCUT2D eigenvalue weighted by Gasteiger charge is 2.01. The van der Waals surface area contributed by atoms with Crippen LogP contribution in [0.5, 0.6) is 0 Å². The first kappa shape index (κ1) is 12.0. The molecule has 0 aliphatic rings. The number of halogens is 1. The smallest absolute Gasteiger partial charge is 0.140 e. The summed E-state index contributed by atoms with van der Waals surface area (Å²) < 4.78 is 13.0. The second-order valence-electron chi connectivity index (χ2n) is 3.10. The monoisotopic (exact) mass is 224 g/mol. The number of hydrogen-bond donors (Lipinski definition) is 1. The fourth-order valence-corrected chi connectivity index (χ4v) is 1.52. The molecule has 80 valence electrons. The number of nitriles is 1. The van der Waals surface area contributed by atoms with Gasteiger partial charge in [-0.15, -0.1) is 0 Å². The van der Waals surface area contributed by atoms with Crippen LogP contribution in [-0.2, 0) is 6.54 Å². The van der Waals surface area contributed by atoms with Crippen molar-refractivity contribution in [3.63, 3.8) is 0 Å². The van der Waals surface area contributed by atoms with E-state index in [-0.39, 0.29) is 5.56 Å². The third-order valence-electron chi connectivity index (χ3n) is 1.96. The zero-order valence-electron chi connectivity index (χ0n) is 8.59. The lowest BCUT2D eigenvalue weighted by molar-refractivity contribution is 0.621. The second kappa shape index (κ2) is 6.44. The van der Waals surface area contributed by atoms with Crippen molar-refractivity contribution < 1.29 is 4.39 Å². The molecule has 1 N–H and O–H groups in total. The molecule has 4 heteroatoms. The van der Waals surface area contributed by atoms with Crippen molar-refractivity contribution in [2.45, 2.75) is 6.54 Å². The molecule has 1 aromatic rings. The van der Waals surface area contributed by atoms with Crippen LogP contribution in [0.25, 0.3) is 0 Å². The summed E-state index contributed by atoms with van der Waals surface area (Å²) in [4.78, 5) is 0. The summed E-state index contributed by atoms with van der Waals surface area (Å²) in [5, 5.41) is 11.9. The molecular formula is C11H13FN2S. The first-order valence-electron chi connectivity index (χ1n) is 4.66. The molecule has 0 radical (unpaired) electrons. The Morgan fingerprint density at radius 3 is 3.00 bits per heavy atom. The molecule has 0 heterocycles. The van der Waals surface area contributed by atoms with Crippen molar-refractivity contribution in [2.24, 2.45) is 0 Å². The summed E-state index contributed by atoms with van der Waals surface area (Å²) in [6.45, 7) is 1.59. The minimum absolute atomic E-state index is 0.110. The largest absolute Gasteiger partial charge is 0.312 e. The van der Waals surface area contributed by atoms with E-state index in [0.717, 1.165) is 17.9 Å². The molecule has 0 aromatic heterocycles. The van der Waals surface area contributed by atoms with E-state index in [2.05, 4.69) is 5.32 Å². The van der Waals surface area contributed by atoms with Gasteiger partial charge in [-0.05, 0) is 24.0 Å². The Hall–Kier alpha value is -1.05. The van der Waals surface area contributed by atoms with Gasteiger partial charge in [-0.3, -0.25) is 0 Å². The maximum atomic E-state index is 13.0. The molecule has 0 unspecified atom stereocenters. The van der Waals surface area contributed by atoms with Gasteiger partial charge in [-0.1, -0.05) is 6.07 Å². The Kier molecular flexibility index (Phi) is 5.16. The highest BCUT2D eigenvalue weighted by molar-refractivity contribution is 7.98. The van der Waals surface area contributed by atoms with Crippen LogP contribution in [0.4, 0.5) is 4.39 Å². The van der Waals surface area contributed by atoms with Crippen LogP contribution in [0, 0.1) is 17.1 Å². The summed E-state index contributed by atoms with van der Waals surface area (Å²) in [5.74, 6) is 0.595. The number of hydrogen-bond acceptors (Lipinski definition) is 3. The van der Waals surface area contributed by atoms with Crippen LogP contribution in [0.1, 0.15) is 11.1 Å². The summed E-state index contributed by atoms with van der Waals surface area (Å²) in [6.07, 6.45) is 2.05. The van der Waals surface area contributed by atoms with Crippen LogP contribution in [0.15, 0.2) is 18.2 Å². The molecule has 0 atom stereocenters. The van der Waals surface area contributed by atoms with E-state index in [1.165, 1.54) is 6.07 Å². The molecule has 0 saturated heterocycles. The van der Waals surface area contributed by atoms with Gasteiger partial charge < -0.3 is 5.32 Å². The number of thioether (sulfide) groups is 1. The molecule has 1 aromatic carbocycles. The number of benzene rings is 1. The average Bonchev–Trinajstić information content (AvgIpc) is 2.26. The van der Waals surface area contributed by atoms with Gasteiger partial charge in [0.1, 0.15) is 11.9 Å². The van der Waals surface area contributed by atoms with Gasteiger partial charge in [-0.2, -0.15) is 17.0 Å². The maximum absolute atomic E-state index is 13.0. The van der Waals surface area contributed by atoms with Crippen LogP contribution in [-0.4, -0.2) is 18.6 Å². The fraction of sp³-hybridized carbons (Fsp3) is 0.364. The minimum atomic E-state index is -0.453. The lowest BCUT2D eigenvalue weighted by Crippen LogP contribution is -2.16. The minimum Gasteiger partial charge on any atom is -0.312 e. The van der Waals surface area contributed by atoms with Crippen LogP contribution >= 0.6 is 11.8 Å². The van der Waals surface area contributed by atoms with E-state index in [1.807, 2.05) is 12.3 Å². The van der Waals surface area contributed by atoms with Gasteiger partial charge in [0.05, 0.1) is 5.56 Å². The first-order valence-corrected chi connectivity index (χ1v) is 6.05. The van der Waals surface area contributed by atoms with Crippen molar-refractivity contribution in [1.29, 1.82) is 5.26 Å². The van der Waals surface area contributed by atoms with Gasteiger partial charge in [0.25, 0.3) is 0 Å².